The monoisotopic (exact) mass is 372 g/mol. The van der Waals surface area contributed by atoms with E-state index < -0.39 is 6.10 Å². The first-order valence-corrected chi connectivity index (χ1v) is 9.55. The molecule has 1 amide bonds. The first-order chi connectivity index (χ1) is 12.9. The Morgan fingerprint density at radius 3 is 2.78 bits per heavy atom. The lowest BCUT2D eigenvalue weighted by atomic mass is 10.0. The zero-order valence-electron chi connectivity index (χ0n) is 16.6. The lowest BCUT2D eigenvalue weighted by Gasteiger charge is -2.18. The van der Waals surface area contributed by atoms with Gasteiger partial charge in [-0.2, -0.15) is 0 Å². The minimum atomic E-state index is -0.627. The van der Waals surface area contributed by atoms with Gasteiger partial charge in [0.15, 0.2) is 6.10 Å². The summed E-state index contributed by atoms with van der Waals surface area (Å²) in [6.07, 6.45) is 2.77. The molecule has 0 saturated carbocycles. The number of benzene rings is 1. The fraction of sp³-hybridized carbons (Fsp3) is 0.524. The molecule has 0 radical (unpaired) electrons. The average molecular weight is 372 g/mol. The molecule has 2 aromatic rings. The molecule has 1 aromatic heterocycles. The third kappa shape index (κ3) is 4.33. The van der Waals surface area contributed by atoms with Gasteiger partial charge >= 0.3 is 5.63 Å². The van der Waals surface area contributed by atoms with Crippen LogP contribution in [0.5, 0.6) is 5.75 Å². The maximum Gasteiger partial charge on any atom is 0.339 e. The molecule has 0 aliphatic heterocycles. The number of aryl methyl sites for hydroxylation is 2. The number of nitrogens with zero attached hydrogens (tertiary/aromatic N) is 1. The van der Waals surface area contributed by atoms with E-state index in [1.807, 2.05) is 33.2 Å². The van der Waals surface area contributed by atoms with Crippen molar-refractivity contribution in [1.82, 2.24) is 10.2 Å². The van der Waals surface area contributed by atoms with Crippen molar-refractivity contribution in [2.24, 2.45) is 0 Å². The molecular weight excluding hydrogens is 344 g/mol. The van der Waals surface area contributed by atoms with Gasteiger partial charge in [-0.05, 0) is 83.4 Å². The molecule has 1 N–H and O–H groups in total. The number of rotatable bonds is 7. The van der Waals surface area contributed by atoms with Crippen molar-refractivity contribution in [2.45, 2.75) is 45.6 Å². The van der Waals surface area contributed by atoms with Crippen LogP contribution in [0.15, 0.2) is 21.3 Å². The first-order valence-electron chi connectivity index (χ1n) is 9.55. The number of ether oxygens (including phenoxy) is 1. The summed E-state index contributed by atoms with van der Waals surface area (Å²) >= 11 is 0. The Morgan fingerprint density at radius 1 is 1.30 bits per heavy atom. The van der Waals surface area contributed by atoms with Gasteiger partial charge in [-0.3, -0.25) is 4.79 Å². The SMILES string of the molecule is Cc1cc(OC(C)C(=O)NCCCN(C)C)c2c3c(c(=O)oc2c1)CCC3. The molecule has 0 saturated heterocycles. The second kappa shape index (κ2) is 8.13. The lowest BCUT2D eigenvalue weighted by molar-refractivity contribution is -0.127. The Balaban J connectivity index is 1.81. The molecule has 0 bridgehead atoms. The fourth-order valence-electron chi connectivity index (χ4n) is 3.59. The van der Waals surface area contributed by atoms with Crippen LogP contribution in [0, 0.1) is 6.92 Å². The van der Waals surface area contributed by atoms with Crippen LogP contribution >= 0.6 is 0 Å². The summed E-state index contributed by atoms with van der Waals surface area (Å²) in [6, 6.07) is 3.77. The number of amides is 1. The van der Waals surface area contributed by atoms with Gasteiger partial charge in [0.25, 0.3) is 5.91 Å². The molecule has 27 heavy (non-hydrogen) atoms. The van der Waals surface area contributed by atoms with E-state index in [9.17, 15) is 9.59 Å². The highest BCUT2D eigenvalue weighted by Crippen LogP contribution is 2.35. The van der Waals surface area contributed by atoms with E-state index in [0.29, 0.717) is 17.9 Å². The molecule has 146 valence electrons. The zero-order valence-corrected chi connectivity index (χ0v) is 16.6. The Labute approximate surface area is 159 Å². The highest BCUT2D eigenvalue weighted by Gasteiger charge is 2.24. The van der Waals surface area contributed by atoms with Crippen molar-refractivity contribution in [3.63, 3.8) is 0 Å². The molecule has 1 aliphatic rings. The van der Waals surface area contributed by atoms with Crippen molar-refractivity contribution in [3.8, 4) is 5.75 Å². The van der Waals surface area contributed by atoms with Gasteiger partial charge in [-0.25, -0.2) is 4.79 Å². The first kappa shape index (κ1) is 19.4. The van der Waals surface area contributed by atoms with Crippen molar-refractivity contribution in [1.29, 1.82) is 0 Å². The van der Waals surface area contributed by atoms with Gasteiger partial charge in [-0.1, -0.05) is 0 Å². The number of hydrogen-bond donors (Lipinski definition) is 1. The van der Waals surface area contributed by atoms with Crippen LogP contribution in [-0.2, 0) is 17.6 Å². The van der Waals surface area contributed by atoms with Crippen molar-refractivity contribution < 1.29 is 13.9 Å². The van der Waals surface area contributed by atoms with Gasteiger partial charge in [0.2, 0.25) is 0 Å². The summed E-state index contributed by atoms with van der Waals surface area (Å²) in [4.78, 5) is 26.7. The molecule has 0 spiro atoms. The Kier molecular flexibility index (Phi) is 5.85. The molecule has 1 heterocycles. The topological polar surface area (TPSA) is 71.8 Å². The van der Waals surface area contributed by atoms with Gasteiger partial charge in [-0.15, -0.1) is 0 Å². The van der Waals surface area contributed by atoms with Gasteiger partial charge < -0.3 is 19.4 Å². The molecule has 1 aliphatic carbocycles. The average Bonchev–Trinajstić information content (AvgIpc) is 3.08. The van der Waals surface area contributed by atoms with E-state index in [-0.39, 0.29) is 11.5 Å². The van der Waals surface area contributed by atoms with E-state index in [0.717, 1.165) is 54.3 Å². The normalized spacial score (nSPS) is 14.4. The Bertz CT molecular complexity index is 901. The maximum absolute atomic E-state index is 12.4. The van der Waals surface area contributed by atoms with Crippen molar-refractivity contribution in [2.75, 3.05) is 27.2 Å². The highest BCUT2D eigenvalue weighted by molar-refractivity contribution is 5.89. The van der Waals surface area contributed by atoms with Crippen LogP contribution in [0.3, 0.4) is 0 Å². The maximum atomic E-state index is 12.4. The van der Waals surface area contributed by atoms with E-state index in [1.165, 1.54) is 0 Å². The van der Waals surface area contributed by atoms with Crippen molar-refractivity contribution in [3.05, 3.63) is 39.2 Å². The summed E-state index contributed by atoms with van der Waals surface area (Å²) in [5.74, 6) is 0.472. The van der Waals surface area contributed by atoms with E-state index in [1.54, 1.807) is 6.92 Å². The van der Waals surface area contributed by atoms with E-state index in [2.05, 4.69) is 10.2 Å². The molecule has 1 atom stereocenters. The second-order valence-corrected chi connectivity index (χ2v) is 7.54. The van der Waals surface area contributed by atoms with Crippen LogP contribution in [0.2, 0.25) is 0 Å². The summed E-state index contributed by atoms with van der Waals surface area (Å²) in [5, 5.41) is 3.75. The van der Waals surface area contributed by atoms with Gasteiger partial charge in [0, 0.05) is 12.1 Å². The van der Waals surface area contributed by atoms with Gasteiger partial charge in [0.1, 0.15) is 11.3 Å². The number of carbonyl (C=O) groups excluding carboxylic acids is 1. The summed E-state index contributed by atoms with van der Waals surface area (Å²) in [6.45, 7) is 5.20. The molecule has 3 rings (SSSR count). The lowest BCUT2D eigenvalue weighted by Crippen LogP contribution is -2.37. The van der Waals surface area contributed by atoms with Crippen molar-refractivity contribution >= 4 is 16.9 Å². The van der Waals surface area contributed by atoms with Crippen LogP contribution in [0.4, 0.5) is 0 Å². The molecular formula is C21H28N2O4. The number of fused-ring (bicyclic) bond motifs is 3. The van der Waals surface area contributed by atoms with Crippen LogP contribution in [0.25, 0.3) is 11.0 Å². The standard InChI is InChI=1S/C21H28N2O4/c1-13-11-17(26-14(2)20(24)22-9-6-10-23(3)4)19-15-7-5-8-16(15)21(25)27-18(19)12-13/h11-12,14H,5-10H2,1-4H3,(H,22,24). The number of nitrogens with one attached hydrogen (secondary N) is 1. The Morgan fingerprint density at radius 2 is 2.04 bits per heavy atom. The van der Waals surface area contributed by atoms with Crippen LogP contribution < -0.4 is 15.7 Å². The minimum absolute atomic E-state index is 0.141. The number of hydrogen-bond acceptors (Lipinski definition) is 5. The second-order valence-electron chi connectivity index (χ2n) is 7.54. The Hall–Kier alpha value is -2.34. The predicted molar refractivity (Wildman–Crippen MR) is 106 cm³/mol. The van der Waals surface area contributed by atoms with Crippen LogP contribution in [0.1, 0.15) is 36.5 Å². The van der Waals surface area contributed by atoms with E-state index >= 15 is 0 Å². The quantitative estimate of drug-likeness (QED) is 0.597. The highest BCUT2D eigenvalue weighted by atomic mass is 16.5. The third-order valence-corrected chi connectivity index (χ3v) is 4.93. The molecule has 6 heteroatoms. The molecule has 1 unspecified atom stereocenters. The molecule has 1 aromatic carbocycles. The fourth-order valence-corrected chi connectivity index (χ4v) is 3.59. The number of carbonyl (C=O) groups is 1. The van der Waals surface area contributed by atoms with Crippen LogP contribution in [-0.4, -0.2) is 44.1 Å². The predicted octanol–water partition coefficient (Wildman–Crippen LogP) is 2.43. The van der Waals surface area contributed by atoms with Gasteiger partial charge in [0.05, 0.1) is 5.39 Å². The summed E-state index contributed by atoms with van der Waals surface area (Å²) in [7, 11) is 4.01. The summed E-state index contributed by atoms with van der Waals surface area (Å²) in [5.41, 5.74) is 2.97. The zero-order chi connectivity index (χ0) is 19.6. The third-order valence-electron chi connectivity index (χ3n) is 4.93. The smallest absolute Gasteiger partial charge is 0.339 e. The van der Waals surface area contributed by atoms with E-state index in [4.69, 9.17) is 9.15 Å². The largest absolute Gasteiger partial charge is 0.480 e. The molecule has 0 fully saturated rings. The minimum Gasteiger partial charge on any atom is -0.480 e. The summed E-state index contributed by atoms with van der Waals surface area (Å²) < 4.78 is 11.6. The molecule has 6 nitrogen and oxygen atoms in total.